The summed E-state index contributed by atoms with van der Waals surface area (Å²) in [6.45, 7) is 2.17. The van der Waals surface area contributed by atoms with Gasteiger partial charge in [-0.05, 0) is 30.2 Å². The number of carbonyl (C=O) groups is 2. The van der Waals surface area contributed by atoms with Gasteiger partial charge < -0.3 is 15.0 Å². The summed E-state index contributed by atoms with van der Waals surface area (Å²) >= 11 is 0. The molecular weight excluding hydrogens is 304 g/mol. The molecule has 0 bridgehead atoms. The number of rotatable bonds is 4. The smallest absolute Gasteiger partial charge is 0.250 e. The average molecular weight is 324 g/mol. The maximum Gasteiger partial charge on any atom is 0.250 e. The van der Waals surface area contributed by atoms with Crippen molar-refractivity contribution in [3.63, 3.8) is 0 Å². The number of hydrogen-bond acceptors (Lipinski definition) is 3. The lowest BCUT2D eigenvalue weighted by atomic mass is 10.00. The molecule has 0 saturated carbocycles. The van der Waals surface area contributed by atoms with Crippen molar-refractivity contribution in [3.05, 3.63) is 65.7 Å². The van der Waals surface area contributed by atoms with Crippen LogP contribution in [0.1, 0.15) is 24.1 Å². The first-order valence-corrected chi connectivity index (χ1v) is 7.89. The van der Waals surface area contributed by atoms with Crippen molar-refractivity contribution < 1.29 is 14.3 Å². The Balaban J connectivity index is 1.86. The van der Waals surface area contributed by atoms with E-state index in [9.17, 15) is 9.59 Å². The highest BCUT2D eigenvalue weighted by molar-refractivity contribution is 5.97. The molecule has 1 aliphatic heterocycles. The number of hydrogen-bond donors (Lipinski definition) is 1. The van der Waals surface area contributed by atoms with Crippen LogP contribution in [0.5, 0.6) is 5.75 Å². The van der Waals surface area contributed by atoms with E-state index in [2.05, 4.69) is 5.32 Å². The second-order valence-corrected chi connectivity index (χ2v) is 5.84. The molecule has 24 heavy (non-hydrogen) atoms. The minimum Gasteiger partial charge on any atom is -0.497 e. The summed E-state index contributed by atoms with van der Waals surface area (Å²) in [6.07, 6.45) is 0. The van der Waals surface area contributed by atoms with Gasteiger partial charge in [-0.25, -0.2) is 0 Å². The predicted molar refractivity (Wildman–Crippen MR) is 90.3 cm³/mol. The van der Waals surface area contributed by atoms with E-state index in [4.69, 9.17) is 4.74 Å². The molecule has 2 amide bonds. The van der Waals surface area contributed by atoms with Gasteiger partial charge in [-0.2, -0.15) is 0 Å². The van der Waals surface area contributed by atoms with Gasteiger partial charge in [0.05, 0.1) is 7.11 Å². The monoisotopic (exact) mass is 324 g/mol. The molecule has 2 aromatic rings. The molecule has 1 saturated heterocycles. The first-order valence-electron chi connectivity index (χ1n) is 7.89. The van der Waals surface area contributed by atoms with Crippen molar-refractivity contribution in [1.82, 2.24) is 10.2 Å². The van der Waals surface area contributed by atoms with E-state index in [-0.39, 0.29) is 11.8 Å². The number of carbonyl (C=O) groups excluding carboxylic acids is 2. The zero-order valence-corrected chi connectivity index (χ0v) is 13.7. The van der Waals surface area contributed by atoms with Gasteiger partial charge in [-0.1, -0.05) is 42.5 Å². The Labute approximate surface area is 141 Å². The molecule has 0 aliphatic carbocycles. The maximum absolute atomic E-state index is 12.9. The lowest BCUT2D eigenvalue weighted by Crippen LogP contribution is -2.58. The predicted octanol–water partition coefficient (Wildman–Crippen LogP) is 2.28. The summed E-state index contributed by atoms with van der Waals surface area (Å²) in [7, 11) is 1.59. The number of ether oxygens (including phenoxy) is 1. The first-order chi connectivity index (χ1) is 11.6. The highest BCUT2D eigenvalue weighted by atomic mass is 16.5. The summed E-state index contributed by atoms with van der Waals surface area (Å²) in [5, 5.41) is 2.81. The van der Waals surface area contributed by atoms with Gasteiger partial charge in [0.1, 0.15) is 17.8 Å². The van der Waals surface area contributed by atoms with Crippen LogP contribution < -0.4 is 10.1 Å². The fourth-order valence-corrected chi connectivity index (χ4v) is 2.84. The molecule has 124 valence electrons. The third-order valence-corrected chi connectivity index (χ3v) is 4.31. The lowest BCUT2D eigenvalue weighted by molar-refractivity contribution is -0.149. The minimum atomic E-state index is -0.664. The maximum atomic E-state index is 12.9. The first kappa shape index (κ1) is 16.1. The standard InChI is InChI=1S/C19H20N2O3/c1-13-18(22)20-17(15-8-10-16(24-2)11-9-15)19(23)21(13)12-14-6-4-3-5-7-14/h3-11,13,17H,12H2,1-2H3,(H,20,22)/t13-,17+/m0/s1. The molecule has 5 nitrogen and oxygen atoms in total. The molecule has 0 unspecified atom stereocenters. The van der Waals surface area contributed by atoms with Crippen LogP contribution in [0, 0.1) is 0 Å². The normalized spacial score (nSPS) is 20.7. The number of benzene rings is 2. The Kier molecular flexibility index (Phi) is 4.51. The van der Waals surface area contributed by atoms with Crippen molar-refractivity contribution in [1.29, 1.82) is 0 Å². The van der Waals surface area contributed by atoms with Crippen LogP contribution >= 0.6 is 0 Å². The third kappa shape index (κ3) is 3.11. The van der Waals surface area contributed by atoms with E-state index in [1.54, 1.807) is 43.2 Å². The highest BCUT2D eigenvalue weighted by Crippen LogP contribution is 2.25. The van der Waals surface area contributed by atoms with Crippen LogP contribution in [0.2, 0.25) is 0 Å². The van der Waals surface area contributed by atoms with Gasteiger partial charge >= 0.3 is 0 Å². The number of piperazine rings is 1. The van der Waals surface area contributed by atoms with E-state index in [0.29, 0.717) is 12.3 Å². The van der Waals surface area contributed by atoms with Crippen LogP contribution in [0.4, 0.5) is 0 Å². The van der Waals surface area contributed by atoms with Gasteiger partial charge in [-0.15, -0.1) is 0 Å². The van der Waals surface area contributed by atoms with Crippen molar-refractivity contribution in [2.75, 3.05) is 7.11 Å². The molecule has 2 aromatic carbocycles. The van der Waals surface area contributed by atoms with Crippen LogP contribution in [0.25, 0.3) is 0 Å². The Morgan fingerprint density at radius 3 is 2.33 bits per heavy atom. The topological polar surface area (TPSA) is 58.6 Å². The summed E-state index contributed by atoms with van der Waals surface area (Å²) in [6, 6.07) is 15.7. The second-order valence-electron chi connectivity index (χ2n) is 5.84. The quantitative estimate of drug-likeness (QED) is 0.939. The average Bonchev–Trinajstić information content (AvgIpc) is 2.63. The van der Waals surface area contributed by atoms with Crippen molar-refractivity contribution in [2.24, 2.45) is 0 Å². The van der Waals surface area contributed by atoms with Gasteiger partial charge in [0.2, 0.25) is 5.91 Å². The van der Waals surface area contributed by atoms with E-state index in [0.717, 1.165) is 11.1 Å². The summed E-state index contributed by atoms with van der Waals surface area (Å²) in [4.78, 5) is 26.9. The fourth-order valence-electron chi connectivity index (χ4n) is 2.84. The third-order valence-electron chi connectivity index (χ3n) is 4.31. The van der Waals surface area contributed by atoms with Crippen LogP contribution in [0.3, 0.4) is 0 Å². The molecule has 0 aromatic heterocycles. The molecule has 1 aliphatic rings. The Morgan fingerprint density at radius 2 is 1.71 bits per heavy atom. The van der Waals surface area contributed by atoms with Crippen LogP contribution in [-0.2, 0) is 16.1 Å². The Hall–Kier alpha value is -2.82. The molecular formula is C19H20N2O3. The Bertz CT molecular complexity index is 728. The number of nitrogens with one attached hydrogen (secondary N) is 1. The van der Waals surface area contributed by atoms with Crippen LogP contribution in [-0.4, -0.2) is 29.9 Å². The summed E-state index contributed by atoms with van der Waals surface area (Å²) in [5.74, 6) is 0.463. The zero-order valence-electron chi connectivity index (χ0n) is 13.7. The summed E-state index contributed by atoms with van der Waals surface area (Å²) < 4.78 is 5.14. The molecule has 5 heteroatoms. The Morgan fingerprint density at radius 1 is 1.04 bits per heavy atom. The number of methoxy groups -OCH3 is 1. The lowest BCUT2D eigenvalue weighted by Gasteiger charge is -2.37. The van der Waals surface area contributed by atoms with E-state index >= 15 is 0 Å². The van der Waals surface area contributed by atoms with Crippen molar-refractivity contribution in [2.45, 2.75) is 25.6 Å². The summed E-state index contributed by atoms with van der Waals surface area (Å²) in [5.41, 5.74) is 1.75. The molecule has 1 heterocycles. The van der Waals surface area contributed by atoms with Gasteiger partial charge in [0.25, 0.3) is 5.91 Å². The van der Waals surface area contributed by atoms with Crippen molar-refractivity contribution >= 4 is 11.8 Å². The van der Waals surface area contributed by atoms with Gasteiger partial charge in [0.15, 0.2) is 0 Å². The molecule has 0 spiro atoms. The molecule has 3 rings (SSSR count). The molecule has 1 fully saturated rings. The highest BCUT2D eigenvalue weighted by Gasteiger charge is 2.38. The fraction of sp³-hybridized carbons (Fsp3) is 0.263. The van der Waals surface area contributed by atoms with Gasteiger partial charge in [0, 0.05) is 6.54 Å². The number of nitrogens with zero attached hydrogens (tertiary/aromatic N) is 1. The van der Waals surface area contributed by atoms with E-state index in [1.807, 2.05) is 30.3 Å². The van der Waals surface area contributed by atoms with E-state index in [1.165, 1.54) is 0 Å². The largest absolute Gasteiger partial charge is 0.497 e. The number of amides is 2. The minimum absolute atomic E-state index is 0.101. The molecule has 0 radical (unpaired) electrons. The molecule has 1 N–H and O–H groups in total. The van der Waals surface area contributed by atoms with Crippen molar-refractivity contribution in [3.8, 4) is 5.75 Å². The van der Waals surface area contributed by atoms with Crippen LogP contribution in [0.15, 0.2) is 54.6 Å². The zero-order chi connectivity index (χ0) is 17.1. The van der Waals surface area contributed by atoms with Gasteiger partial charge in [-0.3, -0.25) is 9.59 Å². The second kappa shape index (κ2) is 6.74. The van der Waals surface area contributed by atoms with E-state index < -0.39 is 12.1 Å². The molecule has 2 atom stereocenters. The SMILES string of the molecule is COc1ccc([C@H]2NC(=O)[C@H](C)N(Cc3ccccc3)C2=O)cc1.